The first-order valence-corrected chi connectivity index (χ1v) is 10.5. The van der Waals surface area contributed by atoms with Crippen LogP contribution in [0.1, 0.15) is 24.1 Å². The van der Waals surface area contributed by atoms with Crippen molar-refractivity contribution < 1.29 is 18.7 Å². The molecular weight excluding hydrogens is 421 g/mol. The number of nitrogens with two attached hydrogens (primary N) is 1. The van der Waals surface area contributed by atoms with E-state index < -0.39 is 11.9 Å². The minimum absolute atomic E-state index is 0.147. The van der Waals surface area contributed by atoms with Gasteiger partial charge in [-0.3, -0.25) is 4.79 Å². The van der Waals surface area contributed by atoms with Crippen LogP contribution in [-0.2, 0) is 10.5 Å². The number of halogens is 1. The minimum atomic E-state index is -0.585. The highest BCUT2D eigenvalue weighted by atomic mass is 32.2. The van der Waals surface area contributed by atoms with Crippen LogP contribution in [0.4, 0.5) is 10.3 Å². The minimum Gasteiger partial charge on any atom is -0.454 e. The molecule has 1 unspecified atom stereocenters. The topological polar surface area (TPSA) is 104 Å². The van der Waals surface area contributed by atoms with Crippen molar-refractivity contribution in [3.63, 3.8) is 0 Å². The fourth-order valence-corrected chi connectivity index (χ4v) is 4.48. The van der Waals surface area contributed by atoms with Crippen molar-refractivity contribution in [2.75, 3.05) is 12.1 Å². The molecule has 0 saturated heterocycles. The van der Waals surface area contributed by atoms with Crippen LogP contribution in [0.15, 0.2) is 58.9 Å². The zero-order valence-corrected chi connectivity index (χ0v) is 17.3. The fourth-order valence-electron chi connectivity index (χ4n) is 3.66. The second kappa shape index (κ2) is 7.62. The standard InChI is InChI=1S/C21H18FN5O3S/c1-11-17(19(23)28)18(12-6-7-15-16(8-12)30-10-29-15)27-20(24-11)25-21(26-27)31-9-13-4-2-3-5-14(13)22/h2-8,18H,9-10H2,1H3,(H2,23,28)(H,24,25,26). The van der Waals surface area contributed by atoms with Crippen LogP contribution in [0.2, 0.25) is 0 Å². The number of rotatable bonds is 5. The van der Waals surface area contributed by atoms with E-state index in [1.807, 2.05) is 12.1 Å². The lowest BCUT2D eigenvalue weighted by Crippen LogP contribution is -2.31. The Kier molecular flexibility index (Phi) is 4.78. The number of thioether (sulfide) groups is 1. The van der Waals surface area contributed by atoms with E-state index in [0.29, 0.717) is 45.2 Å². The Bertz CT molecular complexity index is 1230. The third-order valence-electron chi connectivity index (χ3n) is 5.13. The molecule has 0 radical (unpaired) electrons. The van der Waals surface area contributed by atoms with Gasteiger partial charge in [-0.15, -0.1) is 5.10 Å². The first kappa shape index (κ1) is 19.4. The summed E-state index contributed by atoms with van der Waals surface area (Å²) < 4.78 is 26.4. The van der Waals surface area contributed by atoms with Gasteiger partial charge in [0.25, 0.3) is 0 Å². The molecule has 31 heavy (non-hydrogen) atoms. The van der Waals surface area contributed by atoms with E-state index in [-0.39, 0.29) is 12.6 Å². The summed E-state index contributed by atoms with van der Waals surface area (Å²) in [5.74, 6) is 1.24. The molecule has 0 aliphatic carbocycles. The lowest BCUT2D eigenvalue weighted by atomic mass is 9.95. The fraction of sp³-hybridized carbons (Fsp3) is 0.190. The molecule has 2 aliphatic rings. The van der Waals surface area contributed by atoms with Gasteiger partial charge >= 0.3 is 0 Å². The maximum atomic E-state index is 14.0. The largest absolute Gasteiger partial charge is 0.454 e. The van der Waals surface area contributed by atoms with Gasteiger partial charge in [0.05, 0.1) is 5.57 Å². The van der Waals surface area contributed by atoms with E-state index in [1.54, 1.807) is 35.9 Å². The average molecular weight is 439 g/mol. The second-order valence-electron chi connectivity index (χ2n) is 7.09. The molecule has 2 aromatic carbocycles. The van der Waals surface area contributed by atoms with Crippen LogP contribution in [0.5, 0.6) is 11.5 Å². The van der Waals surface area contributed by atoms with E-state index in [4.69, 9.17) is 15.2 Å². The molecule has 2 aliphatic heterocycles. The second-order valence-corrected chi connectivity index (χ2v) is 8.03. The van der Waals surface area contributed by atoms with Gasteiger partial charge in [0.15, 0.2) is 11.5 Å². The maximum Gasteiger partial charge on any atom is 0.248 e. The number of primary amides is 1. The van der Waals surface area contributed by atoms with Gasteiger partial charge in [0, 0.05) is 11.4 Å². The number of allylic oxidation sites excluding steroid dienone is 1. The highest BCUT2D eigenvalue weighted by Gasteiger charge is 2.34. The number of carbonyl (C=O) groups excluding carboxylic acids is 1. The number of benzene rings is 2. The molecule has 1 atom stereocenters. The van der Waals surface area contributed by atoms with Gasteiger partial charge in [-0.1, -0.05) is 36.0 Å². The summed E-state index contributed by atoms with van der Waals surface area (Å²) in [6.45, 7) is 1.92. The van der Waals surface area contributed by atoms with Crippen LogP contribution in [0, 0.1) is 5.82 Å². The van der Waals surface area contributed by atoms with Crippen molar-refractivity contribution in [2.45, 2.75) is 23.9 Å². The van der Waals surface area contributed by atoms with Crippen LogP contribution >= 0.6 is 11.8 Å². The number of aromatic nitrogens is 3. The van der Waals surface area contributed by atoms with Crippen molar-refractivity contribution in [3.05, 3.63) is 70.7 Å². The van der Waals surface area contributed by atoms with Crippen LogP contribution in [0.3, 0.4) is 0 Å². The summed E-state index contributed by atoms with van der Waals surface area (Å²) in [5, 5.41) is 8.14. The predicted octanol–water partition coefficient (Wildman–Crippen LogP) is 3.21. The first-order valence-electron chi connectivity index (χ1n) is 9.51. The highest BCUT2D eigenvalue weighted by molar-refractivity contribution is 7.98. The first-order chi connectivity index (χ1) is 15.0. The van der Waals surface area contributed by atoms with E-state index in [0.717, 1.165) is 5.56 Å². The number of amides is 1. The quantitative estimate of drug-likeness (QED) is 0.588. The van der Waals surface area contributed by atoms with Crippen LogP contribution < -0.4 is 20.5 Å². The Morgan fingerprint density at radius 3 is 2.90 bits per heavy atom. The zero-order valence-electron chi connectivity index (χ0n) is 16.5. The Hall–Kier alpha value is -3.53. The van der Waals surface area contributed by atoms with Crippen molar-refractivity contribution in [3.8, 4) is 11.5 Å². The molecule has 5 rings (SSSR count). The number of anilines is 1. The van der Waals surface area contributed by atoms with Crippen LogP contribution in [-0.4, -0.2) is 27.5 Å². The van der Waals surface area contributed by atoms with Gasteiger partial charge in [0.1, 0.15) is 11.9 Å². The van der Waals surface area contributed by atoms with Crippen molar-refractivity contribution >= 4 is 23.6 Å². The molecule has 0 saturated carbocycles. The molecular formula is C21H18FN5O3S. The molecule has 3 N–H and O–H groups in total. The van der Waals surface area contributed by atoms with Gasteiger partial charge in [-0.25, -0.2) is 9.07 Å². The van der Waals surface area contributed by atoms with Gasteiger partial charge in [-0.05, 0) is 36.2 Å². The Labute approximate surface area is 181 Å². The lowest BCUT2D eigenvalue weighted by Gasteiger charge is -2.27. The monoisotopic (exact) mass is 439 g/mol. The molecule has 1 amide bonds. The molecule has 3 aromatic rings. The number of fused-ring (bicyclic) bond motifs is 2. The molecule has 1 aromatic heterocycles. The molecule has 0 bridgehead atoms. The van der Waals surface area contributed by atoms with Crippen molar-refractivity contribution in [1.29, 1.82) is 0 Å². The predicted molar refractivity (Wildman–Crippen MR) is 112 cm³/mol. The summed E-state index contributed by atoms with van der Waals surface area (Å²) in [7, 11) is 0. The van der Waals surface area contributed by atoms with E-state index in [1.165, 1.54) is 17.8 Å². The third kappa shape index (κ3) is 3.48. The molecule has 10 heteroatoms. The van der Waals surface area contributed by atoms with Gasteiger partial charge < -0.3 is 20.5 Å². The molecule has 158 valence electrons. The number of ether oxygens (including phenoxy) is 2. The Morgan fingerprint density at radius 1 is 1.29 bits per heavy atom. The summed E-state index contributed by atoms with van der Waals surface area (Å²) in [6.07, 6.45) is 0. The Balaban J connectivity index is 1.51. The number of carbonyl (C=O) groups is 1. The number of hydrogen-bond acceptors (Lipinski definition) is 7. The Morgan fingerprint density at radius 2 is 2.10 bits per heavy atom. The molecule has 8 nitrogen and oxygen atoms in total. The van der Waals surface area contributed by atoms with E-state index in [9.17, 15) is 9.18 Å². The van der Waals surface area contributed by atoms with Gasteiger partial charge in [-0.2, -0.15) is 4.98 Å². The summed E-state index contributed by atoms with van der Waals surface area (Å²) in [4.78, 5) is 16.8. The van der Waals surface area contributed by atoms with Crippen LogP contribution in [0.25, 0.3) is 0 Å². The smallest absolute Gasteiger partial charge is 0.248 e. The summed E-state index contributed by atoms with van der Waals surface area (Å²) in [5.41, 5.74) is 8.01. The summed E-state index contributed by atoms with van der Waals surface area (Å²) >= 11 is 1.31. The number of nitrogens with one attached hydrogen (secondary N) is 1. The third-order valence-corrected chi connectivity index (χ3v) is 6.01. The lowest BCUT2D eigenvalue weighted by molar-refractivity contribution is -0.115. The normalized spacial score (nSPS) is 16.8. The summed E-state index contributed by atoms with van der Waals surface area (Å²) in [6, 6.07) is 11.4. The van der Waals surface area contributed by atoms with Crippen molar-refractivity contribution in [1.82, 2.24) is 14.8 Å². The van der Waals surface area contributed by atoms with E-state index >= 15 is 0 Å². The molecule has 0 fully saturated rings. The molecule has 0 spiro atoms. The highest BCUT2D eigenvalue weighted by Crippen LogP contribution is 2.40. The van der Waals surface area contributed by atoms with Crippen molar-refractivity contribution in [2.24, 2.45) is 5.73 Å². The number of nitrogens with zero attached hydrogens (tertiary/aromatic N) is 3. The zero-order chi connectivity index (χ0) is 21.5. The number of hydrogen-bond donors (Lipinski definition) is 2. The van der Waals surface area contributed by atoms with E-state index in [2.05, 4.69) is 15.4 Å². The maximum absolute atomic E-state index is 14.0. The molecule has 3 heterocycles. The average Bonchev–Trinajstić information content (AvgIpc) is 3.37. The SMILES string of the molecule is CC1=C(C(N)=O)C(c2ccc3c(c2)OCO3)n2nc(SCc3ccccc3F)nc2N1. The van der Waals surface area contributed by atoms with Gasteiger partial charge in [0.2, 0.25) is 23.8 Å².